The summed E-state index contributed by atoms with van der Waals surface area (Å²) in [7, 11) is 0. The van der Waals surface area contributed by atoms with Crippen LogP contribution in [-0.2, 0) is 4.79 Å². The zero-order valence-electron chi connectivity index (χ0n) is 8.32. The highest BCUT2D eigenvalue weighted by atomic mass is 35.5. The van der Waals surface area contributed by atoms with Crippen molar-refractivity contribution >= 4 is 35.1 Å². The molecule has 0 saturated carbocycles. The van der Waals surface area contributed by atoms with Crippen molar-refractivity contribution in [3.8, 4) is 0 Å². The van der Waals surface area contributed by atoms with Crippen LogP contribution >= 0.6 is 23.4 Å². The van der Waals surface area contributed by atoms with Gasteiger partial charge in [0.25, 0.3) is 0 Å². The number of nitrogens with zero attached hydrogens (tertiary/aromatic N) is 2. The number of aromatic nitrogens is 2. The second-order valence-corrected chi connectivity index (χ2v) is 3.99. The summed E-state index contributed by atoms with van der Waals surface area (Å²) >= 11 is 7.14. The standard InChI is InChI=1S/C8H11ClN4OS/c1-4(7(10)14)11-6-3-5(9)12-8(13-6)15-2/h3-4H,1-2H3,(H2,10,14)(H,11,12,13). The molecule has 15 heavy (non-hydrogen) atoms. The van der Waals surface area contributed by atoms with E-state index in [1.165, 1.54) is 11.8 Å². The van der Waals surface area contributed by atoms with E-state index < -0.39 is 11.9 Å². The zero-order chi connectivity index (χ0) is 11.4. The Morgan fingerprint density at radius 1 is 1.67 bits per heavy atom. The number of hydrogen-bond donors (Lipinski definition) is 2. The number of nitrogens with one attached hydrogen (secondary N) is 1. The van der Waals surface area contributed by atoms with Gasteiger partial charge in [0, 0.05) is 6.07 Å². The predicted octanol–water partition coefficient (Wildman–Crippen LogP) is 1.14. The van der Waals surface area contributed by atoms with Crippen molar-refractivity contribution in [1.82, 2.24) is 9.97 Å². The van der Waals surface area contributed by atoms with Crippen molar-refractivity contribution < 1.29 is 4.79 Å². The Balaban J connectivity index is 2.85. The van der Waals surface area contributed by atoms with Gasteiger partial charge in [-0.1, -0.05) is 23.4 Å². The fourth-order valence-corrected chi connectivity index (χ4v) is 1.47. The maximum Gasteiger partial charge on any atom is 0.239 e. The third kappa shape index (κ3) is 3.56. The van der Waals surface area contributed by atoms with Crippen molar-refractivity contribution in [1.29, 1.82) is 0 Å². The molecule has 1 aromatic rings. The van der Waals surface area contributed by atoms with Gasteiger partial charge in [-0.25, -0.2) is 9.97 Å². The first-order valence-electron chi connectivity index (χ1n) is 4.17. The minimum absolute atomic E-state index is 0.327. The first-order valence-corrected chi connectivity index (χ1v) is 5.77. The average molecular weight is 247 g/mol. The van der Waals surface area contributed by atoms with E-state index in [0.29, 0.717) is 16.1 Å². The molecular weight excluding hydrogens is 236 g/mol. The molecule has 3 N–H and O–H groups in total. The van der Waals surface area contributed by atoms with Crippen LogP contribution < -0.4 is 11.1 Å². The number of carbonyl (C=O) groups is 1. The number of amides is 1. The summed E-state index contributed by atoms with van der Waals surface area (Å²) in [6, 6.07) is 1.05. The zero-order valence-corrected chi connectivity index (χ0v) is 9.89. The van der Waals surface area contributed by atoms with Crippen LogP contribution in [0.3, 0.4) is 0 Å². The van der Waals surface area contributed by atoms with Gasteiger partial charge < -0.3 is 11.1 Å². The van der Waals surface area contributed by atoms with E-state index in [0.717, 1.165) is 0 Å². The number of anilines is 1. The van der Waals surface area contributed by atoms with Gasteiger partial charge in [-0.15, -0.1) is 0 Å². The number of carbonyl (C=O) groups excluding carboxylic acids is 1. The molecule has 0 fully saturated rings. The molecule has 0 aliphatic heterocycles. The van der Waals surface area contributed by atoms with E-state index in [2.05, 4.69) is 15.3 Å². The van der Waals surface area contributed by atoms with Gasteiger partial charge in [0.1, 0.15) is 17.0 Å². The number of thioether (sulfide) groups is 1. The molecule has 0 spiro atoms. The molecule has 0 saturated heterocycles. The van der Waals surface area contributed by atoms with Gasteiger partial charge in [0.15, 0.2) is 5.16 Å². The normalized spacial score (nSPS) is 12.2. The fraction of sp³-hybridized carbons (Fsp3) is 0.375. The quantitative estimate of drug-likeness (QED) is 0.473. The molecule has 1 amide bonds. The summed E-state index contributed by atoms with van der Waals surface area (Å²) in [4.78, 5) is 18.9. The van der Waals surface area contributed by atoms with Crippen LogP contribution in [0.4, 0.5) is 5.82 Å². The van der Waals surface area contributed by atoms with Gasteiger partial charge in [0.05, 0.1) is 0 Å². The molecule has 1 heterocycles. The van der Waals surface area contributed by atoms with E-state index in [9.17, 15) is 4.79 Å². The summed E-state index contributed by atoms with van der Waals surface area (Å²) in [6.07, 6.45) is 1.84. The van der Waals surface area contributed by atoms with Crippen LogP contribution in [0.2, 0.25) is 5.15 Å². The Labute approximate surface area is 96.8 Å². The average Bonchev–Trinajstić information content (AvgIpc) is 2.16. The Bertz CT molecular complexity index is 374. The molecule has 0 aliphatic carbocycles. The Morgan fingerprint density at radius 2 is 2.33 bits per heavy atom. The predicted molar refractivity (Wildman–Crippen MR) is 61.1 cm³/mol. The smallest absolute Gasteiger partial charge is 0.239 e. The van der Waals surface area contributed by atoms with Crippen molar-refractivity contribution in [2.75, 3.05) is 11.6 Å². The van der Waals surface area contributed by atoms with Crippen LogP contribution in [0.5, 0.6) is 0 Å². The lowest BCUT2D eigenvalue weighted by molar-refractivity contribution is -0.118. The number of rotatable bonds is 4. The highest BCUT2D eigenvalue weighted by molar-refractivity contribution is 7.98. The molecule has 0 aromatic carbocycles. The SMILES string of the molecule is CSc1nc(Cl)cc(NC(C)C(N)=O)n1. The first-order chi connectivity index (χ1) is 7.02. The number of nitrogens with two attached hydrogens (primary N) is 1. The largest absolute Gasteiger partial charge is 0.368 e. The van der Waals surface area contributed by atoms with Crippen LogP contribution in [0.15, 0.2) is 11.2 Å². The fourth-order valence-electron chi connectivity index (χ4n) is 0.855. The molecule has 1 atom stereocenters. The molecule has 0 radical (unpaired) electrons. The molecule has 1 aromatic heterocycles. The second-order valence-electron chi connectivity index (χ2n) is 2.83. The lowest BCUT2D eigenvalue weighted by Gasteiger charge is -2.11. The van der Waals surface area contributed by atoms with Crippen molar-refractivity contribution in [3.63, 3.8) is 0 Å². The van der Waals surface area contributed by atoms with Crippen LogP contribution in [-0.4, -0.2) is 28.2 Å². The number of halogens is 1. The Kier molecular flexibility index (Phi) is 4.16. The van der Waals surface area contributed by atoms with E-state index in [-0.39, 0.29) is 0 Å². The number of hydrogen-bond acceptors (Lipinski definition) is 5. The number of primary amides is 1. The molecule has 0 aliphatic rings. The van der Waals surface area contributed by atoms with Crippen molar-refractivity contribution in [2.45, 2.75) is 18.1 Å². The van der Waals surface area contributed by atoms with Crippen molar-refractivity contribution in [2.24, 2.45) is 5.73 Å². The van der Waals surface area contributed by atoms with Crippen molar-refractivity contribution in [3.05, 3.63) is 11.2 Å². The maximum absolute atomic E-state index is 10.8. The van der Waals surface area contributed by atoms with E-state index in [1.54, 1.807) is 13.0 Å². The summed E-state index contributed by atoms with van der Waals surface area (Å²) in [5.41, 5.74) is 5.11. The summed E-state index contributed by atoms with van der Waals surface area (Å²) in [5, 5.41) is 3.70. The van der Waals surface area contributed by atoms with Gasteiger partial charge >= 0.3 is 0 Å². The van der Waals surface area contributed by atoms with Gasteiger partial charge in [-0.2, -0.15) is 0 Å². The minimum Gasteiger partial charge on any atom is -0.368 e. The van der Waals surface area contributed by atoms with Gasteiger partial charge in [-0.05, 0) is 13.2 Å². The second kappa shape index (κ2) is 5.18. The molecule has 1 unspecified atom stereocenters. The summed E-state index contributed by atoms with van der Waals surface area (Å²) in [6.45, 7) is 1.65. The molecule has 0 bridgehead atoms. The van der Waals surface area contributed by atoms with Crippen LogP contribution in [0.1, 0.15) is 6.92 Å². The molecular formula is C8H11ClN4OS. The topological polar surface area (TPSA) is 80.9 Å². The molecule has 1 rings (SSSR count). The third-order valence-corrected chi connectivity index (χ3v) is 2.39. The Hall–Kier alpha value is -1.01. The first kappa shape index (κ1) is 12.1. The highest BCUT2D eigenvalue weighted by Crippen LogP contribution is 2.17. The van der Waals surface area contributed by atoms with E-state index in [4.69, 9.17) is 17.3 Å². The minimum atomic E-state index is -0.495. The monoisotopic (exact) mass is 246 g/mol. The van der Waals surface area contributed by atoms with Gasteiger partial charge in [0.2, 0.25) is 5.91 Å². The summed E-state index contributed by atoms with van der Waals surface area (Å²) < 4.78 is 0. The highest BCUT2D eigenvalue weighted by Gasteiger charge is 2.10. The van der Waals surface area contributed by atoms with Gasteiger partial charge in [-0.3, -0.25) is 4.79 Å². The lowest BCUT2D eigenvalue weighted by Crippen LogP contribution is -2.32. The van der Waals surface area contributed by atoms with Crippen LogP contribution in [0.25, 0.3) is 0 Å². The van der Waals surface area contributed by atoms with E-state index in [1.807, 2.05) is 6.26 Å². The van der Waals surface area contributed by atoms with Crippen LogP contribution in [0, 0.1) is 0 Å². The lowest BCUT2D eigenvalue weighted by atomic mass is 10.3. The third-order valence-electron chi connectivity index (χ3n) is 1.65. The van der Waals surface area contributed by atoms with E-state index >= 15 is 0 Å². The molecule has 7 heteroatoms. The molecule has 5 nitrogen and oxygen atoms in total. The Morgan fingerprint density at radius 3 is 2.87 bits per heavy atom. The maximum atomic E-state index is 10.8. The molecule has 82 valence electrons. The summed E-state index contributed by atoms with van der Waals surface area (Å²) in [5.74, 6) is 0.0427.